The number of nitrogens with zero attached hydrogens (tertiary/aromatic N) is 1. The van der Waals surface area contributed by atoms with Crippen LogP contribution in [0.5, 0.6) is 0 Å². The maximum Gasteiger partial charge on any atom is 0.131 e. The summed E-state index contributed by atoms with van der Waals surface area (Å²) in [5.74, 6) is -0.824. The van der Waals surface area contributed by atoms with Crippen molar-refractivity contribution in [3.8, 4) is 0 Å². The molecule has 0 aliphatic carbocycles. The van der Waals surface area contributed by atoms with E-state index in [-0.39, 0.29) is 5.56 Å². The minimum absolute atomic E-state index is 0.258. The first kappa shape index (κ1) is 24.5. The molecule has 0 aliphatic heterocycles. The van der Waals surface area contributed by atoms with Crippen molar-refractivity contribution in [3.05, 3.63) is 53.6 Å². The molecule has 0 unspecified atom stereocenters. The number of benzene rings is 1. The lowest BCUT2D eigenvalue weighted by molar-refractivity contribution is 0.590. The molecule has 24 heavy (non-hydrogen) atoms. The van der Waals surface area contributed by atoms with Crippen molar-refractivity contribution in [2.45, 2.75) is 60.8 Å². The van der Waals surface area contributed by atoms with Gasteiger partial charge in [-0.1, -0.05) is 45.8 Å². The number of hydrogen-bond donors (Lipinski definition) is 0. The molecule has 0 saturated carbocycles. The number of allylic oxidation sites excluding steroid dienone is 3. The van der Waals surface area contributed by atoms with Gasteiger partial charge in [0, 0.05) is 23.9 Å². The zero-order valence-electron chi connectivity index (χ0n) is 16.3. The van der Waals surface area contributed by atoms with Gasteiger partial charge in [0.15, 0.2) is 0 Å². The second-order valence-corrected chi connectivity index (χ2v) is 5.38. The largest absolute Gasteiger partial charge is 0.293 e. The van der Waals surface area contributed by atoms with Crippen LogP contribution >= 0.6 is 0 Å². The van der Waals surface area contributed by atoms with E-state index >= 15 is 0 Å². The Bertz CT molecular complexity index is 543. The monoisotopic (exact) mass is 337 g/mol. The van der Waals surface area contributed by atoms with Crippen LogP contribution in [0.25, 0.3) is 5.57 Å². The Balaban J connectivity index is 0. The predicted molar refractivity (Wildman–Crippen MR) is 105 cm³/mol. The van der Waals surface area contributed by atoms with Gasteiger partial charge in [0.1, 0.15) is 11.6 Å². The van der Waals surface area contributed by atoms with E-state index in [0.29, 0.717) is 16.8 Å². The summed E-state index contributed by atoms with van der Waals surface area (Å²) >= 11 is 0. The Morgan fingerprint density at radius 2 is 1.71 bits per heavy atom. The van der Waals surface area contributed by atoms with Crippen LogP contribution in [0.2, 0.25) is 0 Å². The molecule has 1 aromatic carbocycles. The van der Waals surface area contributed by atoms with Crippen LogP contribution in [0, 0.1) is 18.6 Å². The zero-order chi connectivity index (χ0) is 19.1. The second kappa shape index (κ2) is 14.8. The van der Waals surface area contributed by atoms with E-state index in [0.717, 1.165) is 6.42 Å². The smallest absolute Gasteiger partial charge is 0.131 e. The van der Waals surface area contributed by atoms with Crippen LogP contribution in [-0.2, 0) is 0 Å². The third-order valence-electron chi connectivity index (χ3n) is 3.05. The molecule has 136 valence electrons. The third-order valence-corrected chi connectivity index (χ3v) is 3.05. The van der Waals surface area contributed by atoms with Gasteiger partial charge in [-0.3, -0.25) is 4.99 Å². The number of unbranched alkanes of at least 4 members (excludes halogenated alkanes) is 1. The maximum atomic E-state index is 13.7. The Hall–Kier alpha value is -1.77. The molecule has 0 aromatic heterocycles. The number of rotatable bonds is 4. The second-order valence-electron chi connectivity index (χ2n) is 5.38. The molecule has 0 amide bonds. The first-order chi connectivity index (χ1) is 11.3. The van der Waals surface area contributed by atoms with E-state index < -0.39 is 11.6 Å². The van der Waals surface area contributed by atoms with Gasteiger partial charge < -0.3 is 0 Å². The fourth-order valence-corrected chi connectivity index (χ4v) is 1.74. The quantitative estimate of drug-likeness (QED) is 0.408. The molecule has 0 atom stereocenters. The molecule has 0 aliphatic rings. The van der Waals surface area contributed by atoms with Crippen molar-refractivity contribution >= 4 is 11.3 Å². The highest BCUT2D eigenvalue weighted by molar-refractivity contribution is 6.22. The van der Waals surface area contributed by atoms with Crippen LogP contribution < -0.4 is 0 Å². The molecular weight excluding hydrogens is 304 g/mol. The van der Waals surface area contributed by atoms with Gasteiger partial charge >= 0.3 is 0 Å². The summed E-state index contributed by atoms with van der Waals surface area (Å²) in [4.78, 5) is 3.99. The highest BCUT2D eigenvalue weighted by Gasteiger charge is 2.12. The predicted octanol–water partition coefficient (Wildman–Crippen LogP) is 7.16. The van der Waals surface area contributed by atoms with Crippen molar-refractivity contribution < 1.29 is 8.78 Å². The number of hydrogen-bond acceptors (Lipinski definition) is 1. The molecule has 3 heteroatoms. The lowest BCUT2D eigenvalue weighted by atomic mass is 9.99. The van der Waals surface area contributed by atoms with Crippen LogP contribution in [0.1, 0.15) is 65.0 Å². The topological polar surface area (TPSA) is 12.4 Å². The van der Waals surface area contributed by atoms with Gasteiger partial charge in [0.2, 0.25) is 0 Å². The van der Waals surface area contributed by atoms with E-state index in [2.05, 4.69) is 32.3 Å². The summed E-state index contributed by atoms with van der Waals surface area (Å²) in [5.41, 5.74) is 1.88. The van der Waals surface area contributed by atoms with Gasteiger partial charge in [-0.25, -0.2) is 8.78 Å². The van der Waals surface area contributed by atoms with E-state index in [1.54, 1.807) is 27.0 Å². The number of aryl methyl sites for hydroxylation is 1. The van der Waals surface area contributed by atoms with Gasteiger partial charge in [-0.2, -0.15) is 0 Å². The van der Waals surface area contributed by atoms with Crippen molar-refractivity contribution in [2.75, 3.05) is 7.05 Å². The summed E-state index contributed by atoms with van der Waals surface area (Å²) in [6.45, 7) is 15.0. The van der Waals surface area contributed by atoms with E-state index in [1.807, 2.05) is 6.08 Å². The summed E-state index contributed by atoms with van der Waals surface area (Å²) in [6.07, 6.45) is 7.29. The molecule has 0 spiro atoms. The van der Waals surface area contributed by atoms with Crippen molar-refractivity contribution in [2.24, 2.45) is 4.99 Å². The van der Waals surface area contributed by atoms with E-state index in [1.165, 1.54) is 31.9 Å². The molecule has 0 saturated heterocycles. The fraction of sp³-hybridized carbons (Fsp3) is 0.476. The molecule has 0 fully saturated rings. The molecule has 0 N–H and O–H groups in total. The molecule has 0 heterocycles. The molecular formula is C21H33F2N. The van der Waals surface area contributed by atoms with Crippen molar-refractivity contribution in [1.82, 2.24) is 0 Å². The Kier molecular flexibility index (Phi) is 15.1. The van der Waals surface area contributed by atoms with Crippen LogP contribution in [-0.4, -0.2) is 12.8 Å². The van der Waals surface area contributed by atoms with Gasteiger partial charge in [-0.05, 0) is 44.9 Å². The first-order valence-electron chi connectivity index (χ1n) is 8.51. The summed E-state index contributed by atoms with van der Waals surface area (Å²) in [6, 6.07) is 2.42. The number of aliphatic imine (C=N–C) groups is 1. The third kappa shape index (κ3) is 9.39. The SMILES string of the molecule is C/C=C(\C(C)=NC)c1cc(F)c(C)cc1F.C=CCCC.CCC. The minimum Gasteiger partial charge on any atom is -0.293 e. The Morgan fingerprint density at radius 3 is 2.04 bits per heavy atom. The lowest BCUT2D eigenvalue weighted by Crippen LogP contribution is -2.01. The maximum absolute atomic E-state index is 13.7. The van der Waals surface area contributed by atoms with Gasteiger partial charge in [-0.15, -0.1) is 6.58 Å². The zero-order valence-corrected chi connectivity index (χ0v) is 16.3. The van der Waals surface area contributed by atoms with Crippen molar-refractivity contribution in [1.29, 1.82) is 0 Å². The summed E-state index contributed by atoms with van der Waals surface area (Å²) in [5, 5.41) is 0. The highest BCUT2D eigenvalue weighted by Crippen LogP contribution is 2.23. The lowest BCUT2D eigenvalue weighted by Gasteiger charge is -2.09. The van der Waals surface area contributed by atoms with E-state index in [9.17, 15) is 8.78 Å². The van der Waals surface area contributed by atoms with Gasteiger partial charge in [0.25, 0.3) is 0 Å². The van der Waals surface area contributed by atoms with Crippen LogP contribution in [0.3, 0.4) is 0 Å². The number of halogens is 2. The fourth-order valence-electron chi connectivity index (χ4n) is 1.74. The first-order valence-corrected chi connectivity index (χ1v) is 8.51. The van der Waals surface area contributed by atoms with E-state index in [4.69, 9.17) is 0 Å². The summed E-state index contributed by atoms with van der Waals surface area (Å²) < 4.78 is 27.1. The van der Waals surface area contributed by atoms with Crippen LogP contribution in [0.15, 0.2) is 35.9 Å². The molecule has 1 aromatic rings. The summed E-state index contributed by atoms with van der Waals surface area (Å²) in [7, 11) is 1.63. The Labute approximate surface area is 147 Å². The molecule has 1 nitrogen and oxygen atoms in total. The molecule has 0 bridgehead atoms. The normalized spacial score (nSPS) is 11.0. The minimum atomic E-state index is -0.421. The highest BCUT2D eigenvalue weighted by atomic mass is 19.1. The van der Waals surface area contributed by atoms with Crippen molar-refractivity contribution in [3.63, 3.8) is 0 Å². The van der Waals surface area contributed by atoms with Crippen LogP contribution in [0.4, 0.5) is 8.78 Å². The average molecular weight is 337 g/mol. The molecule has 1 rings (SSSR count). The average Bonchev–Trinajstić information content (AvgIpc) is 2.54. The Morgan fingerprint density at radius 1 is 1.17 bits per heavy atom. The van der Waals surface area contributed by atoms with Gasteiger partial charge in [0.05, 0.1) is 0 Å². The standard InChI is InChI=1S/C13H15F2N.C5H10.C3H8/c1-5-10(9(3)16-4)11-7-12(14)8(2)6-13(11)15;1-3-5-4-2;1-3-2/h5-7H,1-4H3;3H,1,4-5H2,2H3;3H2,1-2H3/b10-5+,16-9?;;. The molecule has 0 radical (unpaired) electrons.